The van der Waals surface area contributed by atoms with E-state index in [9.17, 15) is 14.1 Å². The molecule has 3 nitrogen and oxygen atoms in total. The zero-order valence-corrected chi connectivity index (χ0v) is 4.46. The van der Waals surface area contributed by atoms with Crippen LogP contribution in [0.3, 0.4) is 0 Å². The molecule has 0 unspecified atom stereocenters. The Balaban J connectivity index is 2.90. The Morgan fingerprint density at radius 1 is 1.00 bits per heavy atom. The standard InChI is InChI=1S/C3B3O3/c7-4-1-2(5-8)3(1)6-9/q+1. The van der Waals surface area contributed by atoms with Gasteiger partial charge in [-0.2, -0.15) is 0 Å². The quantitative estimate of drug-likeness (QED) is 0.310. The van der Waals surface area contributed by atoms with Gasteiger partial charge in [-0.05, 0) is 0 Å². The van der Waals surface area contributed by atoms with Gasteiger partial charge >= 0.3 is 52.0 Å². The van der Waals surface area contributed by atoms with Crippen LogP contribution in [0.1, 0.15) is 0 Å². The topological polar surface area (TPSA) is 51.2 Å². The van der Waals surface area contributed by atoms with E-state index in [1.165, 1.54) is 0 Å². The first kappa shape index (κ1) is 6.33. The Morgan fingerprint density at radius 3 is 1.56 bits per heavy atom. The van der Waals surface area contributed by atoms with Gasteiger partial charge in [0.1, 0.15) is 0 Å². The summed E-state index contributed by atoms with van der Waals surface area (Å²) in [5, 5.41) is 0. The van der Waals surface area contributed by atoms with Gasteiger partial charge in [-0.1, -0.05) is 0 Å². The molecule has 0 N–H and O–H groups in total. The third-order valence-corrected chi connectivity index (χ3v) is 1.16. The van der Waals surface area contributed by atoms with Crippen LogP contribution in [0.15, 0.2) is 0 Å². The Hall–Kier alpha value is -0.795. The molecule has 0 atom stereocenters. The molecule has 6 heteroatoms. The normalized spacial score (nSPS) is 8.00. The molecule has 1 aromatic rings. The van der Waals surface area contributed by atoms with Crippen molar-refractivity contribution in [3.05, 3.63) is 0 Å². The summed E-state index contributed by atoms with van der Waals surface area (Å²) in [6, 6.07) is 0. The van der Waals surface area contributed by atoms with Gasteiger partial charge in [0.25, 0.3) is 0 Å². The van der Waals surface area contributed by atoms with Gasteiger partial charge in [-0.25, -0.2) is 0 Å². The third-order valence-electron chi connectivity index (χ3n) is 1.16. The van der Waals surface area contributed by atoms with Crippen molar-refractivity contribution in [2.75, 3.05) is 0 Å². The third kappa shape index (κ3) is 0.844. The second-order valence-corrected chi connectivity index (χ2v) is 1.59. The first-order chi connectivity index (χ1) is 4.35. The summed E-state index contributed by atoms with van der Waals surface area (Å²) in [6.45, 7) is 0. The molecule has 0 saturated heterocycles. The van der Waals surface area contributed by atoms with Gasteiger partial charge in [0, 0.05) is 0 Å². The Morgan fingerprint density at radius 2 is 1.44 bits per heavy atom. The molecule has 1 rings (SSSR count). The molecule has 0 saturated carbocycles. The van der Waals surface area contributed by atoms with E-state index >= 15 is 0 Å². The predicted molar refractivity (Wildman–Crippen MR) is 31.4 cm³/mol. The van der Waals surface area contributed by atoms with Crippen LogP contribution in [0, 0.1) is 0 Å². The Kier molecular flexibility index (Phi) is 1.55. The summed E-state index contributed by atoms with van der Waals surface area (Å²) >= 11 is 0. The molecule has 0 heterocycles. The number of hydrogen-bond donors (Lipinski definition) is 0. The number of hydrogen-bond acceptors (Lipinski definition) is 3. The van der Waals surface area contributed by atoms with Crippen LogP contribution in [0.25, 0.3) is 0 Å². The van der Waals surface area contributed by atoms with Crippen LogP contribution in [0.4, 0.5) is 0 Å². The molecule has 0 fully saturated rings. The zero-order chi connectivity index (χ0) is 6.85. The summed E-state index contributed by atoms with van der Waals surface area (Å²) in [7, 11) is 1.52. The average molecular weight is 116 g/mol. The van der Waals surface area contributed by atoms with Crippen molar-refractivity contribution >= 4 is 37.8 Å². The Labute approximate surface area is 52.9 Å². The van der Waals surface area contributed by atoms with Gasteiger partial charge in [0.2, 0.25) is 0 Å². The van der Waals surface area contributed by atoms with Gasteiger partial charge in [0.05, 0.1) is 0 Å². The van der Waals surface area contributed by atoms with Gasteiger partial charge in [0.15, 0.2) is 0 Å². The van der Waals surface area contributed by atoms with Crippen molar-refractivity contribution in [3.8, 4) is 0 Å². The fourth-order valence-electron chi connectivity index (χ4n) is 0.614. The first-order valence-corrected chi connectivity index (χ1v) is 2.32. The van der Waals surface area contributed by atoms with Crippen LogP contribution in [0.2, 0.25) is 0 Å². The van der Waals surface area contributed by atoms with Crippen molar-refractivity contribution in [3.63, 3.8) is 0 Å². The minimum absolute atomic E-state index is 0.250. The summed E-state index contributed by atoms with van der Waals surface area (Å²) < 4.78 is 29.7. The summed E-state index contributed by atoms with van der Waals surface area (Å²) in [5.41, 5.74) is 0.750. The van der Waals surface area contributed by atoms with Crippen LogP contribution >= 0.6 is 0 Å². The molecular weight excluding hydrogens is 116 g/mol. The molecular formula is C3B3O3+. The van der Waals surface area contributed by atoms with Gasteiger partial charge in [-0.3, -0.25) is 0 Å². The summed E-state index contributed by atoms with van der Waals surface area (Å²) in [5.74, 6) is 0. The monoisotopic (exact) mass is 117 g/mol. The molecule has 0 aliphatic carbocycles. The van der Waals surface area contributed by atoms with E-state index in [0.29, 0.717) is 21.4 Å². The van der Waals surface area contributed by atoms with E-state index in [1.54, 1.807) is 0 Å². The van der Waals surface area contributed by atoms with Gasteiger partial charge in [-0.15, -0.1) is 0 Å². The maximum absolute atomic E-state index is 9.91. The van der Waals surface area contributed by atoms with Crippen molar-refractivity contribution in [2.24, 2.45) is 0 Å². The first-order valence-electron chi connectivity index (χ1n) is 2.32. The van der Waals surface area contributed by atoms with E-state index in [-0.39, 0.29) is 16.4 Å². The van der Waals surface area contributed by atoms with Crippen LogP contribution in [-0.2, 0) is 14.1 Å². The fourth-order valence-corrected chi connectivity index (χ4v) is 0.614. The molecule has 9 heavy (non-hydrogen) atoms. The van der Waals surface area contributed by atoms with E-state index in [4.69, 9.17) is 0 Å². The molecule has 38 valence electrons. The molecule has 0 aliphatic rings. The maximum atomic E-state index is 9.91. The van der Waals surface area contributed by atoms with Crippen LogP contribution in [-0.4, -0.2) is 21.4 Å². The van der Waals surface area contributed by atoms with Crippen LogP contribution < -0.4 is 16.4 Å². The average Bonchev–Trinajstić information content (AvgIpc) is 2.59. The fraction of sp³-hybridized carbons (Fsp3) is 0. The molecule has 0 spiro atoms. The van der Waals surface area contributed by atoms with Crippen molar-refractivity contribution < 1.29 is 14.1 Å². The van der Waals surface area contributed by atoms with E-state index < -0.39 is 0 Å². The number of rotatable bonds is 3. The molecule has 1 aromatic carbocycles. The zero-order valence-electron chi connectivity index (χ0n) is 4.46. The summed E-state index contributed by atoms with van der Waals surface area (Å²) in [6.07, 6.45) is 0. The molecule has 0 aliphatic heterocycles. The molecule has 0 bridgehead atoms. The predicted octanol–water partition coefficient (Wildman–Crippen LogP) is -3.13. The molecule has 0 amide bonds. The Bertz CT molecular complexity index is 190. The van der Waals surface area contributed by atoms with Crippen molar-refractivity contribution in [2.45, 2.75) is 0 Å². The van der Waals surface area contributed by atoms with E-state index in [2.05, 4.69) is 0 Å². The molecule has 0 aromatic heterocycles. The molecule has 0 radical (unpaired) electrons. The van der Waals surface area contributed by atoms with Crippen molar-refractivity contribution in [1.82, 2.24) is 0 Å². The second-order valence-electron chi connectivity index (χ2n) is 1.59. The van der Waals surface area contributed by atoms with E-state index in [0.717, 1.165) is 0 Å². The van der Waals surface area contributed by atoms with Gasteiger partial charge < -0.3 is 0 Å². The summed E-state index contributed by atoms with van der Waals surface area (Å²) in [4.78, 5) is 0. The van der Waals surface area contributed by atoms with Crippen LogP contribution in [0.5, 0.6) is 0 Å². The SMILES string of the molecule is O=Bc1c(B=O)[c+]1B=O. The van der Waals surface area contributed by atoms with E-state index in [1.807, 2.05) is 0 Å². The second kappa shape index (κ2) is 2.21. The van der Waals surface area contributed by atoms with Crippen molar-refractivity contribution in [1.29, 1.82) is 0 Å². The minimum atomic E-state index is 0.250.